The third-order valence-electron chi connectivity index (χ3n) is 7.08. The van der Waals surface area contributed by atoms with Crippen molar-refractivity contribution in [3.8, 4) is 0 Å². The van der Waals surface area contributed by atoms with Crippen LogP contribution in [0.15, 0.2) is 0 Å². The standard InChI is InChI=1S/C24H42N2O4/c1-23(2)14-18(26-22(28)30-20-12-8-5-9-13-20)15-24(3,16-23)17-25-21(27)29-19-10-6-4-7-11-19/h18-20H,4-17H2,1-3H3,(H,25,27)(H,26,28). The summed E-state index contributed by atoms with van der Waals surface area (Å²) in [5.74, 6) is 0. The lowest BCUT2D eigenvalue weighted by atomic mass is 9.62. The molecule has 3 fully saturated rings. The predicted octanol–water partition coefficient (Wildman–Crippen LogP) is 5.69. The molecule has 2 atom stereocenters. The molecular weight excluding hydrogens is 380 g/mol. The Morgan fingerprint density at radius 3 is 1.90 bits per heavy atom. The first-order valence-corrected chi connectivity index (χ1v) is 12.1. The molecule has 0 aromatic rings. The van der Waals surface area contributed by atoms with Gasteiger partial charge in [0.05, 0.1) is 0 Å². The summed E-state index contributed by atoms with van der Waals surface area (Å²) >= 11 is 0. The third-order valence-corrected chi connectivity index (χ3v) is 7.08. The molecule has 0 aromatic heterocycles. The Morgan fingerprint density at radius 2 is 1.33 bits per heavy atom. The van der Waals surface area contributed by atoms with Crippen LogP contribution in [-0.2, 0) is 9.47 Å². The smallest absolute Gasteiger partial charge is 0.407 e. The van der Waals surface area contributed by atoms with Crippen LogP contribution < -0.4 is 10.6 Å². The molecule has 6 heteroatoms. The Balaban J connectivity index is 1.48. The van der Waals surface area contributed by atoms with Gasteiger partial charge in [0, 0.05) is 12.6 Å². The molecule has 30 heavy (non-hydrogen) atoms. The fourth-order valence-corrected chi connectivity index (χ4v) is 6.07. The summed E-state index contributed by atoms with van der Waals surface area (Å²) in [6, 6.07) is 0.0611. The topological polar surface area (TPSA) is 76.7 Å². The summed E-state index contributed by atoms with van der Waals surface area (Å²) in [7, 11) is 0. The normalized spacial score (nSPS) is 30.3. The zero-order valence-corrected chi connectivity index (χ0v) is 19.3. The highest BCUT2D eigenvalue weighted by Gasteiger charge is 2.42. The number of ether oxygens (including phenoxy) is 2. The highest BCUT2D eigenvalue weighted by atomic mass is 16.6. The Kier molecular flexibility index (Phi) is 7.92. The Morgan fingerprint density at radius 1 is 0.800 bits per heavy atom. The van der Waals surface area contributed by atoms with E-state index in [0.717, 1.165) is 70.6 Å². The summed E-state index contributed by atoms with van der Waals surface area (Å²) in [5.41, 5.74) is 0.000853. The first kappa shape index (κ1) is 23.2. The van der Waals surface area contributed by atoms with E-state index in [9.17, 15) is 9.59 Å². The molecule has 2 amide bonds. The lowest BCUT2D eigenvalue weighted by molar-refractivity contribution is 0.0424. The number of hydrogen-bond acceptors (Lipinski definition) is 4. The molecule has 3 saturated carbocycles. The zero-order valence-electron chi connectivity index (χ0n) is 19.3. The van der Waals surface area contributed by atoms with E-state index in [2.05, 4.69) is 31.4 Å². The lowest BCUT2D eigenvalue weighted by Gasteiger charge is -2.46. The van der Waals surface area contributed by atoms with Crippen molar-refractivity contribution < 1.29 is 19.1 Å². The van der Waals surface area contributed by atoms with Gasteiger partial charge < -0.3 is 20.1 Å². The van der Waals surface area contributed by atoms with Gasteiger partial charge in [-0.3, -0.25) is 0 Å². The fourth-order valence-electron chi connectivity index (χ4n) is 6.07. The summed E-state index contributed by atoms with van der Waals surface area (Å²) in [6.07, 6.45) is 13.3. The molecule has 172 valence electrons. The van der Waals surface area contributed by atoms with Gasteiger partial charge in [0.2, 0.25) is 0 Å². The van der Waals surface area contributed by atoms with Gasteiger partial charge in [-0.25, -0.2) is 9.59 Å². The van der Waals surface area contributed by atoms with Gasteiger partial charge in [0.1, 0.15) is 12.2 Å². The van der Waals surface area contributed by atoms with E-state index in [-0.39, 0.29) is 41.3 Å². The maximum Gasteiger partial charge on any atom is 0.407 e. The minimum Gasteiger partial charge on any atom is -0.446 e. The molecule has 3 rings (SSSR count). The quantitative estimate of drug-likeness (QED) is 0.597. The summed E-state index contributed by atoms with van der Waals surface area (Å²) in [5, 5.41) is 6.14. The van der Waals surface area contributed by atoms with Crippen LogP contribution in [0, 0.1) is 10.8 Å². The molecule has 0 aromatic carbocycles. The van der Waals surface area contributed by atoms with Crippen LogP contribution in [-0.4, -0.2) is 37.0 Å². The molecule has 0 spiro atoms. The Bertz CT molecular complexity index is 582. The second-order valence-electron chi connectivity index (χ2n) is 11.1. The van der Waals surface area contributed by atoms with E-state index in [1.165, 1.54) is 12.8 Å². The van der Waals surface area contributed by atoms with Gasteiger partial charge in [-0.15, -0.1) is 0 Å². The van der Waals surface area contributed by atoms with Gasteiger partial charge in [0.25, 0.3) is 0 Å². The van der Waals surface area contributed by atoms with E-state index < -0.39 is 0 Å². The minimum atomic E-state index is -0.298. The molecule has 3 aliphatic rings. The zero-order chi connectivity index (χ0) is 21.6. The van der Waals surface area contributed by atoms with Crippen LogP contribution in [0.4, 0.5) is 9.59 Å². The van der Waals surface area contributed by atoms with E-state index in [0.29, 0.717) is 6.54 Å². The number of alkyl carbamates (subject to hydrolysis) is 2. The molecule has 0 heterocycles. The van der Waals surface area contributed by atoms with Gasteiger partial charge in [0.15, 0.2) is 0 Å². The minimum absolute atomic E-state index is 0.0611. The molecule has 0 aliphatic heterocycles. The van der Waals surface area contributed by atoms with E-state index in [1.54, 1.807) is 0 Å². The van der Waals surface area contributed by atoms with Gasteiger partial charge in [-0.2, -0.15) is 0 Å². The Labute approximate surface area is 182 Å². The number of carbonyl (C=O) groups excluding carboxylic acids is 2. The lowest BCUT2D eigenvalue weighted by Crippen LogP contribution is -2.51. The molecule has 0 bridgehead atoms. The largest absolute Gasteiger partial charge is 0.446 e. The molecule has 0 radical (unpaired) electrons. The van der Waals surface area contributed by atoms with E-state index >= 15 is 0 Å². The second kappa shape index (κ2) is 10.2. The van der Waals surface area contributed by atoms with Crippen LogP contribution >= 0.6 is 0 Å². The van der Waals surface area contributed by atoms with Crippen molar-refractivity contribution in [2.75, 3.05) is 6.54 Å². The first-order chi connectivity index (χ1) is 14.2. The van der Waals surface area contributed by atoms with Crippen LogP contribution in [0.5, 0.6) is 0 Å². The van der Waals surface area contributed by atoms with Crippen LogP contribution in [0.25, 0.3) is 0 Å². The van der Waals surface area contributed by atoms with Crippen molar-refractivity contribution in [3.63, 3.8) is 0 Å². The molecule has 2 unspecified atom stereocenters. The third kappa shape index (κ3) is 7.35. The monoisotopic (exact) mass is 422 g/mol. The molecule has 6 nitrogen and oxygen atoms in total. The number of carbonyl (C=O) groups is 2. The molecule has 3 aliphatic carbocycles. The van der Waals surface area contributed by atoms with Crippen LogP contribution in [0.3, 0.4) is 0 Å². The second-order valence-corrected chi connectivity index (χ2v) is 11.1. The van der Waals surface area contributed by atoms with Gasteiger partial charge >= 0.3 is 12.2 Å². The number of hydrogen-bond donors (Lipinski definition) is 2. The predicted molar refractivity (Wildman–Crippen MR) is 117 cm³/mol. The maximum absolute atomic E-state index is 12.5. The summed E-state index contributed by atoms with van der Waals surface area (Å²) < 4.78 is 11.3. The molecule has 0 saturated heterocycles. The average molecular weight is 423 g/mol. The summed E-state index contributed by atoms with van der Waals surface area (Å²) in [6.45, 7) is 7.26. The molecule has 2 N–H and O–H groups in total. The maximum atomic E-state index is 12.5. The van der Waals surface area contributed by atoms with Gasteiger partial charge in [-0.1, -0.05) is 33.6 Å². The van der Waals surface area contributed by atoms with Crippen molar-refractivity contribution in [2.45, 2.75) is 122 Å². The summed E-state index contributed by atoms with van der Waals surface area (Å²) in [4.78, 5) is 24.8. The highest BCUT2D eigenvalue weighted by Crippen LogP contribution is 2.45. The highest BCUT2D eigenvalue weighted by molar-refractivity contribution is 5.68. The number of nitrogens with one attached hydrogen (secondary N) is 2. The average Bonchev–Trinajstić information content (AvgIpc) is 2.66. The van der Waals surface area contributed by atoms with E-state index in [4.69, 9.17) is 9.47 Å². The SMILES string of the molecule is CC1(C)CC(NC(=O)OC2CCCCC2)CC(C)(CNC(=O)OC2CCCCC2)C1. The van der Waals surface area contributed by atoms with E-state index in [1.807, 2.05) is 0 Å². The Hall–Kier alpha value is -1.46. The van der Waals surface area contributed by atoms with Crippen LogP contribution in [0.2, 0.25) is 0 Å². The van der Waals surface area contributed by atoms with Crippen molar-refractivity contribution >= 4 is 12.2 Å². The number of rotatable bonds is 5. The van der Waals surface area contributed by atoms with Crippen LogP contribution in [0.1, 0.15) is 104 Å². The number of amides is 2. The fraction of sp³-hybridized carbons (Fsp3) is 0.917. The van der Waals surface area contributed by atoms with Crippen molar-refractivity contribution in [2.24, 2.45) is 10.8 Å². The van der Waals surface area contributed by atoms with Crippen molar-refractivity contribution in [1.82, 2.24) is 10.6 Å². The van der Waals surface area contributed by atoms with Crippen molar-refractivity contribution in [1.29, 1.82) is 0 Å². The van der Waals surface area contributed by atoms with Crippen molar-refractivity contribution in [3.05, 3.63) is 0 Å². The molecular formula is C24H42N2O4. The first-order valence-electron chi connectivity index (χ1n) is 12.1. The van der Waals surface area contributed by atoms with Gasteiger partial charge in [-0.05, 0) is 81.5 Å².